The number of hydrogen-bond donors (Lipinski definition) is 1. The van der Waals surface area contributed by atoms with E-state index in [-0.39, 0.29) is 17.3 Å². The summed E-state index contributed by atoms with van der Waals surface area (Å²) < 4.78 is 6.15. The van der Waals surface area contributed by atoms with Crippen molar-refractivity contribution in [3.8, 4) is 11.6 Å². The zero-order chi connectivity index (χ0) is 15.6. The Hall–Kier alpha value is -2.22. The molecule has 110 valence electrons. The van der Waals surface area contributed by atoms with E-state index in [2.05, 4.69) is 31.2 Å². The lowest BCUT2D eigenvalue weighted by Gasteiger charge is -2.11. The highest BCUT2D eigenvalue weighted by molar-refractivity contribution is 9.10. The van der Waals surface area contributed by atoms with Crippen molar-refractivity contribution in [2.45, 2.75) is 13.8 Å². The first-order chi connectivity index (χ1) is 9.93. The predicted molar refractivity (Wildman–Crippen MR) is 81.9 cm³/mol. The van der Waals surface area contributed by atoms with Gasteiger partial charge in [-0.2, -0.15) is 0 Å². The van der Waals surface area contributed by atoms with Crippen LogP contribution in [0, 0.1) is 24.0 Å². The van der Waals surface area contributed by atoms with Gasteiger partial charge in [-0.3, -0.25) is 10.1 Å². The molecule has 0 fully saturated rings. The number of nitrogens with one attached hydrogen (secondary N) is 1. The molecule has 0 saturated carbocycles. The van der Waals surface area contributed by atoms with Crippen molar-refractivity contribution in [1.29, 1.82) is 0 Å². The molecule has 7 nitrogen and oxygen atoms in total. The molecule has 0 bridgehead atoms. The summed E-state index contributed by atoms with van der Waals surface area (Å²) in [7, 11) is 1.70. The number of nitrogens with zero attached hydrogens (tertiary/aromatic N) is 3. The smallest absolute Gasteiger partial charge is 0.312 e. The second-order valence-corrected chi connectivity index (χ2v) is 5.17. The number of aryl methyl sites for hydroxylation is 2. The molecule has 1 aromatic heterocycles. The predicted octanol–water partition coefficient (Wildman–Crippen LogP) is 3.60. The molecule has 0 radical (unpaired) electrons. The monoisotopic (exact) mass is 352 g/mol. The maximum absolute atomic E-state index is 11.2. The Balaban J connectivity index is 2.52. The lowest BCUT2D eigenvalue weighted by atomic mass is 10.1. The molecule has 21 heavy (non-hydrogen) atoms. The zero-order valence-electron chi connectivity index (χ0n) is 11.7. The molecular weight excluding hydrogens is 340 g/mol. The summed E-state index contributed by atoms with van der Waals surface area (Å²) >= 11 is 3.32. The van der Waals surface area contributed by atoms with E-state index < -0.39 is 4.92 Å². The van der Waals surface area contributed by atoms with Gasteiger partial charge in [-0.1, -0.05) is 6.07 Å². The Morgan fingerprint density at radius 1 is 1.33 bits per heavy atom. The fourth-order valence-electron chi connectivity index (χ4n) is 1.90. The Labute approximate surface area is 129 Å². The van der Waals surface area contributed by atoms with Crippen LogP contribution < -0.4 is 10.1 Å². The minimum Gasteiger partial charge on any atom is -0.430 e. The first-order valence-corrected chi connectivity index (χ1v) is 6.85. The van der Waals surface area contributed by atoms with Crippen LogP contribution in [0.3, 0.4) is 0 Å². The van der Waals surface area contributed by atoms with Gasteiger partial charge >= 0.3 is 5.69 Å². The lowest BCUT2D eigenvalue weighted by Crippen LogP contribution is -2.01. The van der Waals surface area contributed by atoms with E-state index >= 15 is 0 Å². The topological polar surface area (TPSA) is 90.2 Å². The normalized spacial score (nSPS) is 10.3. The molecular formula is C13H13BrN4O3. The van der Waals surface area contributed by atoms with E-state index in [1.165, 1.54) is 12.4 Å². The van der Waals surface area contributed by atoms with Gasteiger partial charge in [-0.15, -0.1) is 0 Å². The van der Waals surface area contributed by atoms with Gasteiger partial charge in [0.15, 0.2) is 0 Å². The molecule has 8 heteroatoms. The van der Waals surface area contributed by atoms with Crippen LogP contribution in [0.2, 0.25) is 0 Å². The van der Waals surface area contributed by atoms with Crippen LogP contribution in [0.25, 0.3) is 0 Å². The average Bonchev–Trinajstić information content (AvgIpc) is 2.43. The van der Waals surface area contributed by atoms with Crippen molar-refractivity contribution >= 4 is 27.4 Å². The van der Waals surface area contributed by atoms with Gasteiger partial charge in [0, 0.05) is 13.1 Å². The molecule has 0 amide bonds. The molecule has 2 rings (SSSR count). The Morgan fingerprint density at radius 3 is 2.67 bits per heavy atom. The summed E-state index contributed by atoms with van der Waals surface area (Å²) in [6.45, 7) is 3.55. The summed E-state index contributed by atoms with van der Waals surface area (Å²) in [6, 6.07) is 3.28. The molecule has 0 aliphatic carbocycles. The second kappa shape index (κ2) is 6.04. The first kappa shape index (κ1) is 15.2. The third-order valence-electron chi connectivity index (χ3n) is 2.79. The number of ether oxygens (including phenoxy) is 1. The number of halogens is 1. The maximum atomic E-state index is 11.2. The molecule has 2 aromatic rings. The van der Waals surface area contributed by atoms with E-state index in [1.54, 1.807) is 20.9 Å². The third-order valence-corrected chi connectivity index (χ3v) is 3.50. The fraction of sp³-hybridized carbons (Fsp3) is 0.231. The molecule has 0 spiro atoms. The van der Waals surface area contributed by atoms with E-state index in [1.807, 2.05) is 6.07 Å². The number of nitro groups is 1. The number of aromatic nitrogens is 2. The van der Waals surface area contributed by atoms with Gasteiger partial charge in [-0.25, -0.2) is 9.97 Å². The van der Waals surface area contributed by atoms with Gasteiger partial charge in [-0.05, 0) is 40.9 Å². The highest BCUT2D eigenvalue weighted by Crippen LogP contribution is 2.38. The van der Waals surface area contributed by atoms with Gasteiger partial charge in [0.1, 0.15) is 16.6 Å². The van der Waals surface area contributed by atoms with Gasteiger partial charge in [0.05, 0.1) is 4.92 Å². The van der Waals surface area contributed by atoms with Crippen molar-refractivity contribution < 1.29 is 9.66 Å². The Morgan fingerprint density at radius 2 is 2.05 bits per heavy atom. The number of hydrogen-bond acceptors (Lipinski definition) is 6. The van der Waals surface area contributed by atoms with Crippen molar-refractivity contribution in [3.63, 3.8) is 0 Å². The van der Waals surface area contributed by atoms with E-state index in [0.29, 0.717) is 15.9 Å². The van der Waals surface area contributed by atoms with Crippen LogP contribution in [0.5, 0.6) is 11.6 Å². The molecule has 0 saturated heterocycles. The fourth-order valence-corrected chi connectivity index (χ4v) is 2.38. The van der Waals surface area contributed by atoms with E-state index in [9.17, 15) is 10.1 Å². The lowest BCUT2D eigenvalue weighted by molar-refractivity contribution is -0.385. The summed E-state index contributed by atoms with van der Waals surface area (Å²) in [5, 5.41) is 14.1. The van der Waals surface area contributed by atoms with Crippen molar-refractivity contribution in [3.05, 3.63) is 44.2 Å². The Kier molecular flexibility index (Phi) is 4.37. The average molecular weight is 353 g/mol. The van der Waals surface area contributed by atoms with Crippen LogP contribution in [0.4, 0.5) is 11.5 Å². The molecule has 1 heterocycles. The second-order valence-electron chi connectivity index (χ2n) is 4.38. The number of benzene rings is 1. The van der Waals surface area contributed by atoms with Crippen LogP contribution in [0.15, 0.2) is 22.9 Å². The summed E-state index contributed by atoms with van der Waals surface area (Å²) in [6.07, 6.45) is 1.32. The molecule has 0 unspecified atom stereocenters. The molecule has 1 aromatic carbocycles. The largest absolute Gasteiger partial charge is 0.430 e. The quantitative estimate of drug-likeness (QED) is 0.667. The number of anilines is 1. The number of rotatable bonds is 4. The van der Waals surface area contributed by atoms with Crippen LogP contribution in [-0.2, 0) is 0 Å². The highest BCUT2D eigenvalue weighted by atomic mass is 79.9. The minimum atomic E-state index is -0.469. The van der Waals surface area contributed by atoms with Crippen molar-refractivity contribution in [1.82, 2.24) is 9.97 Å². The van der Waals surface area contributed by atoms with Crippen LogP contribution >= 0.6 is 15.9 Å². The summed E-state index contributed by atoms with van der Waals surface area (Å²) in [5.41, 5.74) is 1.37. The third kappa shape index (κ3) is 3.10. The molecule has 0 atom stereocenters. The number of nitro benzene ring substituents is 1. The highest BCUT2D eigenvalue weighted by Gasteiger charge is 2.21. The van der Waals surface area contributed by atoms with Gasteiger partial charge in [0.25, 0.3) is 0 Å². The molecule has 0 aliphatic rings. The van der Waals surface area contributed by atoms with Crippen LogP contribution in [0.1, 0.15) is 11.1 Å². The van der Waals surface area contributed by atoms with E-state index in [4.69, 9.17) is 4.74 Å². The van der Waals surface area contributed by atoms with Gasteiger partial charge < -0.3 is 10.1 Å². The molecule has 1 N–H and O–H groups in total. The maximum Gasteiger partial charge on any atom is 0.312 e. The summed E-state index contributed by atoms with van der Waals surface area (Å²) in [5.74, 6) is 0.920. The van der Waals surface area contributed by atoms with E-state index in [0.717, 1.165) is 5.56 Å². The SMILES string of the molecule is CNc1ncnc(Oc2c(C)cc(C)cc2[N+](=O)[O-])c1Br. The minimum absolute atomic E-state index is 0.0935. The van der Waals surface area contributed by atoms with Crippen molar-refractivity contribution in [2.24, 2.45) is 0 Å². The Bertz CT molecular complexity index is 706. The summed E-state index contributed by atoms with van der Waals surface area (Å²) in [4.78, 5) is 18.7. The first-order valence-electron chi connectivity index (χ1n) is 6.05. The van der Waals surface area contributed by atoms with Crippen molar-refractivity contribution in [2.75, 3.05) is 12.4 Å². The molecule has 0 aliphatic heterocycles. The van der Waals surface area contributed by atoms with Crippen LogP contribution in [-0.4, -0.2) is 21.9 Å². The van der Waals surface area contributed by atoms with Gasteiger partial charge in [0.2, 0.25) is 11.6 Å². The standard InChI is InChI=1S/C13H13BrN4O3/c1-7-4-8(2)11(9(5-7)18(19)20)21-13-10(14)12(15-3)16-6-17-13/h4-6H,1-3H3,(H,15,16,17). The zero-order valence-corrected chi connectivity index (χ0v) is 13.3.